The van der Waals surface area contributed by atoms with Gasteiger partial charge in [0.1, 0.15) is 6.33 Å². The average molecular weight is 164 g/mol. The molecule has 4 nitrogen and oxygen atoms in total. The predicted octanol–water partition coefficient (Wildman–Crippen LogP) is -0.571. The van der Waals surface area contributed by atoms with E-state index in [0.29, 0.717) is 5.46 Å². The second kappa shape index (κ2) is 2.28. The van der Waals surface area contributed by atoms with Crippen molar-refractivity contribution in [3.8, 4) is 0 Å². The highest BCUT2D eigenvalue weighted by atomic mass is 16.5. The topological polar surface area (TPSA) is 55.2 Å². The third-order valence-corrected chi connectivity index (χ3v) is 1.98. The van der Waals surface area contributed by atoms with E-state index in [1.807, 2.05) is 13.8 Å². The lowest BCUT2D eigenvalue weighted by Gasteiger charge is -2.17. The summed E-state index contributed by atoms with van der Waals surface area (Å²) in [4.78, 5) is 7.89. The van der Waals surface area contributed by atoms with Crippen LogP contribution in [0.4, 0.5) is 0 Å². The minimum atomic E-state index is -0.879. The van der Waals surface area contributed by atoms with Crippen molar-refractivity contribution in [2.24, 2.45) is 0 Å². The average Bonchev–Trinajstić information content (AvgIpc) is 2.25. The summed E-state index contributed by atoms with van der Waals surface area (Å²) < 4.78 is 5.27. The number of nitrogens with zero attached hydrogens (tertiary/aromatic N) is 2. The van der Waals surface area contributed by atoms with Crippen LogP contribution in [0.5, 0.6) is 0 Å². The van der Waals surface area contributed by atoms with Crippen molar-refractivity contribution in [2.75, 3.05) is 0 Å². The first kappa shape index (κ1) is 7.70. The molecular weight excluding hydrogens is 155 g/mol. The molecule has 2 heterocycles. The standard InChI is InChI=1S/C7H9BN2O2/c1-7(2)6-5(8(11)12-7)3-9-4-10-6/h3-4,11H,1-2H3. The first-order chi connectivity index (χ1) is 5.61. The molecule has 1 aliphatic rings. The molecule has 62 valence electrons. The zero-order chi connectivity index (χ0) is 8.77. The van der Waals surface area contributed by atoms with Crippen LogP contribution in [0.3, 0.4) is 0 Å². The fourth-order valence-corrected chi connectivity index (χ4v) is 1.42. The molecule has 0 bridgehead atoms. The van der Waals surface area contributed by atoms with E-state index in [1.54, 1.807) is 6.20 Å². The Balaban J connectivity index is 2.58. The molecule has 1 N–H and O–H groups in total. The first-order valence-electron chi connectivity index (χ1n) is 3.77. The molecule has 2 rings (SSSR count). The Morgan fingerprint density at radius 2 is 2.33 bits per heavy atom. The van der Waals surface area contributed by atoms with Crippen LogP contribution in [-0.4, -0.2) is 22.1 Å². The largest absolute Gasteiger partial charge is 0.495 e. The Bertz CT molecular complexity index is 316. The highest BCUT2D eigenvalue weighted by molar-refractivity contribution is 6.61. The van der Waals surface area contributed by atoms with Gasteiger partial charge in [-0.1, -0.05) is 0 Å². The van der Waals surface area contributed by atoms with Crippen molar-refractivity contribution in [3.05, 3.63) is 18.2 Å². The third kappa shape index (κ3) is 0.938. The van der Waals surface area contributed by atoms with Crippen LogP contribution in [-0.2, 0) is 10.3 Å². The summed E-state index contributed by atoms with van der Waals surface area (Å²) in [5.74, 6) is 0. The third-order valence-electron chi connectivity index (χ3n) is 1.98. The van der Waals surface area contributed by atoms with Crippen molar-refractivity contribution in [2.45, 2.75) is 19.4 Å². The van der Waals surface area contributed by atoms with E-state index in [4.69, 9.17) is 4.65 Å². The van der Waals surface area contributed by atoms with Crippen LogP contribution in [0.15, 0.2) is 12.5 Å². The van der Waals surface area contributed by atoms with E-state index in [9.17, 15) is 5.02 Å². The van der Waals surface area contributed by atoms with Crippen LogP contribution in [0, 0.1) is 0 Å². The van der Waals surface area contributed by atoms with Crippen molar-refractivity contribution in [3.63, 3.8) is 0 Å². The number of rotatable bonds is 0. The molecule has 0 saturated heterocycles. The lowest BCUT2D eigenvalue weighted by molar-refractivity contribution is 0.0968. The molecule has 1 aromatic heterocycles. The second-order valence-electron chi connectivity index (χ2n) is 3.31. The summed E-state index contributed by atoms with van der Waals surface area (Å²) in [6, 6.07) is 0. The van der Waals surface area contributed by atoms with Gasteiger partial charge in [-0.2, -0.15) is 0 Å². The van der Waals surface area contributed by atoms with E-state index in [1.165, 1.54) is 6.33 Å². The summed E-state index contributed by atoms with van der Waals surface area (Å²) >= 11 is 0. The maximum Gasteiger partial charge on any atom is 0.495 e. The molecule has 0 aromatic carbocycles. The van der Waals surface area contributed by atoms with E-state index in [2.05, 4.69) is 9.97 Å². The fraction of sp³-hybridized carbons (Fsp3) is 0.429. The molecule has 1 aliphatic heterocycles. The SMILES string of the molecule is CC1(C)OB(O)c2cncnc21. The van der Waals surface area contributed by atoms with Gasteiger partial charge in [0.15, 0.2) is 0 Å². The Labute approximate surface area is 70.8 Å². The van der Waals surface area contributed by atoms with E-state index < -0.39 is 12.7 Å². The molecule has 0 aliphatic carbocycles. The van der Waals surface area contributed by atoms with Gasteiger partial charge in [-0.3, -0.25) is 0 Å². The highest BCUT2D eigenvalue weighted by Gasteiger charge is 2.41. The Kier molecular flexibility index (Phi) is 1.46. The smallest absolute Gasteiger partial charge is 0.423 e. The summed E-state index contributed by atoms with van der Waals surface area (Å²) in [5.41, 5.74) is 0.935. The normalized spacial score (nSPS) is 19.4. The molecule has 0 atom stereocenters. The number of fused-ring (bicyclic) bond motifs is 1. The lowest BCUT2D eigenvalue weighted by Crippen LogP contribution is -2.29. The predicted molar refractivity (Wildman–Crippen MR) is 43.7 cm³/mol. The van der Waals surface area contributed by atoms with Gasteiger partial charge in [0, 0.05) is 11.7 Å². The molecule has 0 unspecified atom stereocenters. The molecular formula is C7H9BN2O2. The van der Waals surface area contributed by atoms with Crippen molar-refractivity contribution >= 4 is 12.6 Å². The molecule has 0 spiro atoms. The van der Waals surface area contributed by atoms with Crippen LogP contribution in [0.1, 0.15) is 19.5 Å². The zero-order valence-corrected chi connectivity index (χ0v) is 6.98. The number of hydrogen-bond donors (Lipinski definition) is 1. The fourth-order valence-electron chi connectivity index (χ4n) is 1.42. The summed E-state index contributed by atoms with van der Waals surface area (Å²) in [6.07, 6.45) is 3.05. The molecule has 0 radical (unpaired) electrons. The minimum absolute atomic E-state index is 0.502. The lowest BCUT2D eigenvalue weighted by atomic mass is 9.82. The van der Waals surface area contributed by atoms with Gasteiger partial charge < -0.3 is 9.68 Å². The minimum Gasteiger partial charge on any atom is -0.423 e. The first-order valence-corrected chi connectivity index (χ1v) is 3.77. The molecule has 0 amide bonds. The van der Waals surface area contributed by atoms with Crippen molar-refractivity contribution in [1.29, 1.82) is 0 Å². The molecule has 5 heteroatoms. The molecule has 12 heavy (non-hydrogen) atoms. The van der Waals surface area contributed by atoms with Gasteiger partial charge in [0.25, 0.3) is 0 Å². The number of aromatic nitrogens is 2. The van der Waals surface area contributed by atoms with Gasteiger partial charge in [-0.15, -0.1) is 0 Å². The Morgan fingerprint density at radius 3 is 3.00 bits per heavy atom. The summed E-state index contributed by atoms with van der Waals surface area (Å²) in [6.45, 7) is 3.74. The van der Waals surface area contributed by atoms with Gasteiger partial charge in [-0.05, 0) is 13.8 Å². The van der Waals surface area contributed by atoms with Crippen LogP contribution in [0.2, 0.25) is 0 Å². The van der Waals surface area contributed by atoms with Crippen LogP contribution >= 0.6 is 0 Å². The van der Waals surface area contributed by atoms with Gasteiger partial charge >= 0.3 is 7.12 Å². The van der Waals surface area contributed by atoms with E-state index >= 15 is 0 Å². The van der Waals surface area contributed by atoms with Gasteiger partial charge in [0.2, 0.25) is 0 Å². The Hall–Kier alpha value is -0.935. The quantitative estimate of drug-likeness (QED) is 0.521. The van der Waals surface area contributed by atoms with Crippen LogP contribution in [0.25, 0.3) is 0 Å². The molecule has 1 aromatic rings. The van der Waals surface area contributed by atoms with Crippen molar-refractivity contribution < 1.29 is 9.68 Å². The zero-order valence-electron chi connectivity index (χ0n) is 6.98. The monoisotopic (exact) mass is 164 g/mol. The molecule has 0 saturated carbocycles. The van der Waals surface area contributed by atoms with Gasteiger partial charge in [0.05, 0.1) is 11.3 Å². The Morgan fingerprint density at radius 1 is 1.58 bits per heavy atom. The van der Waals surface area contributed by atoms with Gasteiger partial charge in [-0.25, -0.2) is 9.97 Å². The second-order valence-corrected chi connectivity index (χ2v) is 3.31. The number of hydrogen-bond acceptors (Lipinski definition) is 4. The van der Waals surface area contributed by atoms with Crippen molar-refractivity contribution in [1.82, 2.24) is 9.97 Å². The maximum absolute atomic E-state index is 9.41. The summed E-state index contributed by atoms with van der Waals surface area (Å²) in [5, 5.41) is 9.41. The highest BCUT2D eigenvalue weighted by Crippen LogP contribution is 2.26. The maximum atomic E-state index is 9.41. The van der Waals surface area contributed by atoms with Crippen LogP contribution < -0.4 is 5.46 Å². The van der Waals surface area contributed by atoms with E-state index in [-0.39, 0.29) is 0 Å². The van der Waals surface area contributed by atoms with E-state index in [0.717, 1.165) is 5.69 Å². The summed E-state index contributed by atoms with van der Waals surface area (Å²) in [7, 11) is -0.879. The molecule has 0 fully saturated rings.